The number of rotatable bonds is 4. The van der Waals surface area contributed by atoms with Crippen LogP contribution < -0.4 is 11.1 Å². The first-order chi connectivity index (χ1) is 13.0. The van der Waals surface area contributed by atoms with E-state index in [0.717, 1.165) is 36.9 Å². The Labute approximate surface area is 156 Å². The van der Waals surface area contributed by atoms with Crippen molar-refractivity contribution in [3.8, 4) is 0 Å². The molecule has 2 aromatic rings. The first kappa shape index (κ1) is 17.5. The number of halogens is 1. The fourth-order valence-electron chi connectivity index (χ4n) is 4.06. The zero-order valence-electron chi connectivity index (χ0n) is 15.0. The van der Waals surface area contributed by atoms with Crippen molar-refractivity contribution in [3.63, 3.8) is 0 Å². The molecule has 1 aliphatic heterocycles. The third-order valence-electron chi connectivity index (χ3n) is 5.37. The van der Waals surface area contributed by atoms with E-state index in [-0.39, 0.29) is 24.1 Å². The van der Waals surface area contributed by atoms with E-state index in [2.05, 4.69) is 10.3 Å². The molecule has 0 saturated heterocycles. The van der Waals surface area contributed by atoms with Gasteiger partial charge in [0, 0.05) is 29.1 Å². The molecule has 2 aliphatic rings. The number of primary amides is 1. The van der Waals surface area contributed by atoms with Crippen LogP contribution in [0.2, 0.25) is 0 Å². The molecule has 1 aromatic carbocycles. The van der Waals surface area contributed by atoms with Crippen LogP contribution in [0, 0.1) is 5.82 Å². The summed E-state index contributed by atoms with van der Waals surface area (Å²) >= 11 is 0. The number of amides is 2. The molecule has 140 valence electrons. The Morgan fingerprint density at radius 2 is 2.04 bits per heavy atom. The van der Waals surface area contributed by atoms with E-state index in [0.29, 0.717) is 23.2 Å². The predicted molar refractivity (Wildman–Crippen MR) is 102 cm³/mol. The zero-order valence-corrected chi connectivity index (χ0v) is 15.0. The van der Waals surface area contributed by atoms with E-state index < -0.39 is 0 Å². The Morgan fingerprint density at radius 1 is 1.22 bits per heavy atom. The van der Waals surface area contributed by atoms with Gasteiger partial charge < -0.3 is 16.0 Å². The van der Waals surface area contributed by atoms with Gasteiger partial charge in [-0.2, -0.15) is 0 Å². The average molecular weight is 367 g/mol. The Hall–Kier alpha value is -2.89. The van der Waals surface area contributed by atoms with Crippen molar-refractivity contribution in [2.24, 2.45) is 5.73 Å². The quantitative estimate of drug-likeness (QED) is 0.572. The number of hydrogen-bond acceptors (Lipinski definition) is 2. The Morgan fingerprint density at radius 3 is 2.85 bits per heavy atom. The van der Waals surface area contributed by atoms with Gasteiger partial charge in [-0.15, -0.1) is 0 Å². The molecular formula is C21H22FN3O2. The number of carbonyl (C=O) groups excluding carboxylic acids is 2. The van der Waals surface area contributed by atoms with Crippen LogP contribution in [-0.2, 0) is 28.9 Å². The predicted octanol–water partition coefficient (Wildman–Crippen LogP) is 3.33. The smallest absolute Gasteiger partial charge is 0.256 e. The molecule has 5 nitrogen and oxygen atoms in total. The van der Waals surface area contributed by atoms with E-state index in [9.17, 15) is 14.0 Å². The minimum Gasteiger partial charge on any atom is -0.370 e. The highest BCUT2D eigenvalue weighted by Gasteiger charge is 2.26. The summed E-state index contributed by atoms with van der Waals surface area (Å²) in [6, 6.07) is 4.27. The number of aryl methyl sites for hydroxylation is 1. The van der Waals surface area contributed by atoms with Crippen LogP contribution >= 0.6 is 0 Å². The number of benzene rings is 1. The molecule has 0 saturated carbocycles. The third-order valence-corrected chi connectivity index (χ3v) is 5.37. The number of hydrogen-bond donors (Lipinski definition) is 3. The van der Waals surface area contributed by atoms with Crippen molar-refractivity contribution in [2.75, 3.05) is 5.32 Å². The minimum atomic E-state index is -0.382. The first-order valence-electron chi connectivity index (χ1n) is 9.37. The van der Waals surface area contributed by atoms with Gasteiger partial charge >= 0.3 is 0 Å². The van der Waals surface area contributed by atoms with E-state index in [1.165, 1.54) is 29.8 Å². The normalized spacial score (nSPS) is 17.4. The molecule has 1 aliphatic carbocycles. The summed E-state index contributed by atoms with van der Waals surface area (Å²) in [5, 5.41) is 2.77. The summed E-state index contributed by atoms with van der Waals surface area (Å²) in [6.07, 6.45) is 7.91. The molecule has 4 rings (SSSR count). The topological polar surface area (TPSA) is 88.0 Å². The highest BCUT2D eigenvalue weighted by atomic mass is 19.1. The Bertz CT molecular complexity index is 959. The average Bonchev–Trinajstić information content (AvgIpc) is 2.99. The largest absolute Gasteiger partial charge is 0.370 e. The highest BCUT2D eigenvalue weighted by molar-refractivity contribution is 6.34. The van der Waals surface area contributed by atoms with Gasteiger partial charge in [-0.3, -0.25) is 9.59 Å². The molecule has 0 fully saturated rings. The lowest BCUT2D eigenvalue weighted by Gasteiger charge is -2.05. The van der Waals surface area contributed by atoms with E-state index in [1.54, 1.807) is 12.1 Å². The molecule has 6 heteroatoms. The molecule has 0 bridgehead atoms. The summed E-state index contributed by atoms with van der Waals surface area (Å²) in [5.74, 6) is -0.975. The highest BCUT2D eigenvalue weighted by Crippen LogP contribution is 2.35. The van der Waals surface area contributed by atoms with Crippen molar-refractivity contribution >= 4 is 29.2 Å². The summed E-state index contributed by atoms with van der Waals surface area (Å²) in [6.45, 7) is 0. The van der Waals surface area contributed by atoms with Crippen LogP contribution in [0.15, 0.2) is 18.2 Å². The lowest BCUT2D eigenvalue weighted by atomic mass is 9.98. The van der Waals surface area contributed by atoms with Crippen molar-refractivity contribution in [1.29, 1.82) is 0 Å². The van der Waals surface area contributed by atoms with Gasteiger partial charge in [-0.05, 0) is 67.5 Å². The first-order valence-corrected chi connectivity index (χ1v) is 9.37. The molecule has 2 heterocycles. The van der Waals surface area contributed by atoms with Gasteiger partial charge in [-0.1, -0.05) is 6.42 Å². The number of nitrogens with one attached hydrogen (secondary N) is 2. The standard InChI is InChI=1S/C21H22FN3O2/c22-12-6-8-18-15(10-12)16(21(27)25-18)11-19-14(7-9-20(23)26)13-4-2-1-3-5-17(13)24-19/h6,8,10-11,24H,1-5,7,9H2,(H2,23,26)(H,25,27). The van der Waals surface area contributed by atoms with Gasteiger partial charge in [0.15, 0.2) is 0 Å². The maximum Gasteiger partial charge on any atom is 0.256 e. The van der Waals surface area contributed by atoms with Gasteiger partial charge in [0.2, 0.25) is 5.91 Å². The van der Waals surface area contributed by atoms with Crippen molar-refractivity contribution < 1.29 is 14.0 Å². The number of carbonyl (C=O) groups is 2. The summed E-state index contributed by atoms with van der Waals surface area (Å²) < 4.78 is 13.7. The molecular weight excluding hydrogens is 345 g/mol. The molecule has 4 N–H and O–H groups in total. The Balaban J connectivity index is 1.80. The second kappa shape index (κ2) is 7.02. The monoisotopic (exact) mass is 367 g/mol. The van der Waals surface area contributed by atoms with Crippen LogP contribution in [-0.4, -0.2) is 16.8 Å². The SMILES string of the molecule is NC(=O)CCc1c(C=C2C(=O)Nc3ccc(F)cc32)[nH]c2c1CCCCC2. The molecule has 0 spiro atoms. The van der Waals surface area contributed by atoms with Crippen LogP contribution in [0.5, 0.6) is 0 Å². The van der Waals surface area contributed by atoms with Crippen LogP contribution in [0.3, 0.4) is 0 Å². The number of nitrogens with two attached hydrogens (primary N) is 1. The minimum absolute atomic E-state index is 0.249. The molecule has 1 aromatic heterocycles. The number of H-pyrrole nitrogens is 1. The summed E-state index contributed by atoms with van der Waals surface area (Å²) in [4.78, 5) is 27.2. The van der Waals surface area contributed by atoms with Gasteiger partial charge in [0.05, 0.1) is 5.57 Å². The van der Waals surface area contributed by atoms with E-state index in [1.807, 2.05) is 0 Å². The van der Waals surface area contributed by atoms with Crippen molar-refractivity contribution in [2.45, 2.75) is 44.9 Å². The third kappa shape index (κ3) is 3.39. The van der Waals surface area contributed by atoms with Crippen LogP contribution in [0.4, 0.5) is 10.1 Å². The fraction of sp³-hybridized carbons (Fsp3) is 0.333. The van der Waals surface area contributed by atoms with E-state index in [4.69, 9.17) is 5.73 Å². The molecule has 0 radical (unpaired) electrons. The molecule has 0 unspecified atom stereocenters. The van der Waals surface area contributed by atoms with Crippen molar-refractivity contribution in [3.05, 3.63) is 52.1 Å². The second-order valence-corrected chi connectivity index (χ2v) is 7.20. The molecule has 2 amide bonds. The fourth-order valence-corrected chi connectivity index (χ4v) is 4.06. The maximum absolute atomic E-state index is 13.7. The molecule has 0 atom stereocenters. The lowest BCUT2D eigenvalue weighted by molar-refractivity contribution is -0.118. The van der Waals surface area contributed by atoms with E-state index >= 15 is 0 Å². The summed E-state index contributed by atoms with van der Waals surface area (Å²) in [7, 11) is 0. The number of anilines is 1. The number of aromatic amines is 1. The number of fused-ring (bicyclic) bond motifs is 2. The van der Waals surface area contributed by atoms with Gasteiger partial charge in [0.25, 0.3) is 5.91 Å². The lowest BCUT2D eigenvalue weighted by Crippen LogP contribution is -2.12. The van der Waals surface area contributed by atoms with Crippen LogP contribution in [0.1, 0.15) is 53.8 Å². The van der Waals surface area contributed by atoms with Crippen molar-refractivity contribution in [1.82, 2.24) is 4.98 Å². The van der Waals surface area contributed by atoms with Gasteiger partial charge in [0.1, 0.15) is 5.82 Å². The maximum atomic E-state index is 13.7. The van der Waals surface area contributed by atoms with Gasteiger partial charge in [-0.25, -0.2) is 4.39 Å². The number of aromatic nitrogens is 1. The van der Waals surface area contributed by atoms with Crippen LogP contribution in [0.25, 0.3) is 11.6 Å². The Kier molecular flexibility index (Phi) is 4.56. The second-order valence-electron chi connectivity index (χ2n) is 7.20. The summed E-state index contributed by atoms with van der Waals surface area (Å²) in [5.41, 5.74) is 11.3. The molecule has 27 heavy (non-hydrogen) atoms. The zero-order chi connectivity index (χ0) is 19.0.